The molecular weight excluding hydrogens is 350 g/mol. The maximum atomic E-state index is 12.1. The number of rotatable bonds is 2. The van der Waals surface area contributed by atoms with Crippen LogP contribution >= 0.6 is 15.9 Å². The first kappa shape index (κ1) is 16.2. The standard InChI is InChI=1S/C15H16BrN3O3/c1-17(2)12-6-5-9(8-11(12)16)7-10-13(20)18(3)15(22)19(4)14(10)21/h5-8H,1-4H3. The number of benzene rings is 1. The van der Waals surface area contributed by atoms with Crippen LogP contribution in [-0.4, -0.2) is 55.8 Å². The molecule has 1 aromatic rings. The fourth-order valence-electron chi connectivity index (χ4n) is 2.12. The molecule has 1 aliphatic rings. The summed E-state index contributed by atoms with van der Waals surface area (Å²) in [5, 5.41) is 0. The zero-order chi connectivity index (χ0) is 16.6. The van der Waals surface area contributed by atoms with E-state index < -0.39 is 17.8 Å². The molecule has 2 rings (SSSR count). The highest BCUT2D eigenvalue weighted by molar-refractivity contribution is 9.10. The highest BCUT2D eigenvalue weighted by atomic mass is 79.9. The van der Waals surface area contributed by atoms with Crippen molar-refractivity contribution in [1.82, 2.24) is 9.80 Å². The number of likely N-dealkylation sites (N-methyl/N-ethyl adjacent to an activating group) is 2. The SMILES string of the molecule is CN1C(=O)C(=Cc2ccc(N(C)C)c(Br)c2)C(=O)N(C)C1=O. The predicted octanol–water partition coefficient (Wildman–Crippen LogP) is 1.95. The second-order valence-electron chi connectivity index (χ2n) is 5.17. The number of amides is 4. The summed E-state index contributed by atoms with van der Waals surface area (Å²) in [4.78, 5) is 39.7. The Morgan fingerprint density at radius 2 is 1.59 bits per heavy atom. The Morgan fingerprint density at radius 1 is 1.05 bits per heavy atom. The summed E-state index contributed by atoms with van der Waals surface area (Å²) in [6, 6.07) is 4.88. The van der Waals surface area contributed by atoms with Crippen molar-refractivity contribution in [3.63, 3.8) is 0 Å². The van der Waals surface area contributed by atoms with Crippen LogP contribution in [0.2, 0.25) is 0 Å². The van der Waals surface area contributed by atoms with Crippen molar-refractivity contribution in [3.8, 4) is 0 Å². The maximum Gasteiger partial charge on any atom is 0.333 e. The zero-order valence-electron chi connectivity index (χ0n) is 12.8. The summed E-state index contributed by atoms with van der Waals surface area (Å²) in [6.07, 6.45) is 1.49. The van der Waals surface area contributed by atoms with Crippen LogP contribution in [0.25, 0.3) is 6.08 Å². The van der Waals surface area contributed by atoms with Gasteiger partial charge in [-0.1, -0.05) is 6.07 Å². The van der Waals surface area contributed by atoms with E-state index in [1.807, 2.05) is 37.2 Å². The van der Waals surface area contributed by atoms with Gasteiger partial charge in [0, 0.05) is 32.7 Å². The summed E-state index contributed by atoms with van der Waals surface area (Å²) in [7, 11) is 6.54. The normalized spacial score (nSPS) is 15.5. The van der Waals surface area contributed by atoms with E-state index in [0.29, 0.717) is 5.56 Å². The van der Waals surface area contributed by atoms with Gasteiger partial charge in [-0.25, -0.2) is 4.79 Å². The van der Waals surface area contributed by atoms with Crippen LogP contribution in [0.3, 0.4) is 0 Å². The van der Waals surface area contributed by atoms with Gasteiger partial charge < -0.3 is 4.90 Å². The van der Waals surface area contributed by atoms with Gasteiger partial charge in [-0.05, 0) is 39.7 Å². The minimum absolute atomic E-state index is 0.0332. The van der Waals surface area contributed by atoms with Crippen LogP contribution in [0.1, 0.15) is 5.56 Å². The molecule has 1 saturated heterocycles. The highest BCUT2D eigenvalue weighted by Crippen LogP contribution is 2.27. The predicted molar refractivity (Wildman–Crippen MR) is 87.4 cm³/mol. The number of hydrogen-bond donors (Lipinski definition) is 0. The molecule has 1 aliphatic heterocycles. The number of carbonyl (C=O) groups is 3. The lowest BCUT2D eigenvalue weighted by Gasteiger charge is -2.28. The molecule has 1 heterocycles. The minimum atomic E-state index is -0.628. The van der Waals surface area contributed by atoms with Crippen LogP contribution in [0.15, 0.2) is 28.2 Å². The average Bonchev–Trinajstić information content (AvgIpc) is 2.47. The average molecular weight is 366 g/mol. The van der Waals surface area contributed by atoms with Crippen molar-refractivity contribution in [1.29, 1.82) is 0 Å². The molecular formula is C15H16BrN3O3. The number of halogens is 1. The third kappa shape index (κ3) is 2.76. The molecule has 0 bridgehead atoms. The smallest absolute Gasteiger partial charge is 0.333 e. The lowest BCUT2D eigenvalue weighted by Crippen LogP contribution is -2.52. The van der Waals surface area contributed by atoms with Gasteiger partial charge in [0.1, 0.15) is 5.57 Å². The van der Waals surface area contributed by atoms with E-state index in [-0.39, 0.29) is 5.57 Å². The zero-order valence-corrected chi connectivity index (χ0v) is 14.3. The number of barbiturate groups is 1. The van der Waals surface area contributed by atoms with E-state index >= 15 is 0 Å². The first-order valence-corrected chi connectivity index (χ1v) is 7.32. The van der Waals surface area contributed by atoms with E-state index in [9.17, 15) is 14.4 Å². The van der Waals surface area contributed by atoms with Gasteiger partial charge in [0.2, 0.25) is 0 Å². The van der Waals surface area contributed by atoms with Gasteiger partial charge >= 0.3 is 6.03 Å². The van der Waals surface area contributed by atoms with E-state index in [1.165, 1.54) is 20.2 Å². The van der Waals surface area contributed by atoms with Gasteiger partial charge in [-0.2, -0.15) is 0 Å². The molecule has 0 saturated carbocycles. The van der Waals surface area contributed by atoms with Crippen LogP contribution in [-0.2, 0) is 9.59 Å². The summed E-state index contributed by atoms with van der Waals surface area (Å²) < 4.78 is 0.848. The monoisotopic (exact) mass is 365 g/mol. The molecule has 0 spiro atoms. The topological polar surface area (TPSA) is 60.9 Å². The number of imide groups is 2. The first-order valence-electron chi connectivity index (χ1n) is 6.52. The van der Waals surface area contributed by atoms with Gasteiger partial charge in [0.25, 0.3) is 11.8 Å². The summed E-state index contributed by atoms with van der Waals surface area (Å²) in [6.45, 7) is 0. The Balaban J connectivity index is 2.44. The van der Waals surface area contributed by atoms with E-state index in [4.69, 9.17) is 0 Å². The van der Waals surface area contributed by atoms with Gasteiger partial charge in [-0.3, -0.25) is 19.4 Å². The van der Waals surface area contributed by atoms with Crippen molar-refractivity contribution in [3.05, 3.63) is 33.8 Å². The second-order valence-corrected chi connectivity index (χ2v) is 6.03. The Bertz CT molecular complexity index is 671. The third-order valence-corrected chi connectivity index (χ3v) is 4.04. The molecule has 0 atom stereocenters. The molecule has 0 aromatic heterocycles. The molecule has 1 aromatic carbocycles. The molecule has 6 nitrogen and oxygen atoms in total. The molecule has 0 unspecified atom stereocenters. The van der Waals surface area contributed by atoms with Crippen LogP contribution in [0.5, 0.6) is 0 Å². The van der Waals surface area contributed by atoms with Gasteiger partial charge in [0.05, 0.1) is 5.69 Å². The van der Waals surface area contributed by atoms with Crippen molar-refractivity contribution in [2.75, 3.05) is 33.1 Å². The number of urea groups is 1. The molecule has 4 amide bonds. The maximum absolute atomic E-state index is 12.1. The van der Waals surface area contributed by atoms with Crippen molar-refractivity contribution in [2.45, 2.75) is 0 Å². The summed E-state index contributed by atoms with van der Waals surface area (Å²) in [5.74, 6) is -1.19. The fourth-order valence-corrected chi connectivity index (χ4v) is 2.87. The molecule has 22 heavy (non-hydrogen) atoms. The Morgan fingerprint density at radius 3 is 2.05 bits per heavy atom. The molecule has 0 aliphatic carbocycles. The summed E-state index contributed by atoms with van der Waals surface area (Å²) in [5.41, 5.74) is 1.65. The lowest BCUT2D eigenvalue weighted by molar-refractivity contribution is -0.134. The molecule has 0 N–H and O–H groups in total. The number of nitrogens with zero attached hydrogens (tertiary/aromatic N) is 3. The summed E-state index contributed by atoms with van der Waals surface area (Å²) >= 11 is 3.46. The quantitative estimate of drug-likeness (QED) is 0.593. The molecule has 116 valence electrons. The minimum Gasteiger partial charge on any atom is -0.377 e. The van der Waals surface area contributed by atoms with E-state index in [0.717, 1.165) is 20.0 Å². The fraction of sp³-hybridized carbons (Fsp3) is 0.267. The Hall–Kier alpha value is -2.15. The number of carbonyl (C=O) groups excluding carboxylic acids is 3. The first-order chi connectivity index (χ1) is 10.2. The second kappa shape index (κ2) is 5.92. The highest BCUT2D eigenvalue weighted by Gasteiger charge is 2.37. The van der Waals surface area contributed by atoms with Crippen LogP contribution in [0, 0.1) is 0 Å². The lowest BCUT2D eigenvalue weighted by atomic mass is 10.1. The Labute approximate surface area is 137 Å². The molecule has 1 fully saturated rings. The largest absolute Gasteiger partial charge is 0.377 e. The van der Waals surface area contributed by atoms with Crippen molar-refractivity contribution in [2.24, 2.45) is 0 Å². The number of anilines is 1. The third-order valence-electron chi connectivity index (χ3n) is 3.41. The molecule has 7 heteroatoms. The van der Waals surface area contributed by atoms with E-state index in [2.05, 4.69) is 15.9 Å². The van der Waals surface area contributed by atoms with Crippen molar-refractivity contribution >= 4 is 45.5 Å². The number of hydrogen-bond acceptors (Lipinski definition) is 4. The van der Waals surface area contributed by atoms with Gasteiger partial charge in [0.15, 0.2) is 0 Å². The van der Waals surface area contributed by atoms with Crippen LogP contribution in [0.4, 0.5) is 10.5 Å². The molecule has 0 radical (unpaired) electrons. The van der Waals surface area contributed by atoms with Crippen molar-refractivity contribution < 1.29 is 14.4 Å². The van der Waals surface area contributed by atoms with Gasteiger partial charge in [-0.15, -0.1) is 0 Å². The van der Waals surface area contributed by atoms with E-state index in [1.54, 1.807) is 0 Å². The Kier molecular flexibility index (Phi) is 4.37. The van der Waals surface area contributed by atoms with Crippen LogP contribution < -0.4 is 4.90 Å².